The van der Waals surface area contributed by atoms with Gasteiger partial charge in [-0.3, -0.25) is 4.79 Å². The van der Waals surface area contributed by atoms with Crippen LogP contribution in [0.5, 0.6) is 0 Å². The van der Waals surface area contributed by atoms with E-state index in [2.05, 4.69) is 18.2 Å². The summed E-state index contributed by atoms with van der Waals surface area (Å²) in [5.41, 5.74) is 0.294. The number of hydrogen-bond donors (Lipinski definition) is 0. The smallest absolute Gasteiger partial charge is 0.333 e. The molecule has 0 radical (unpaired) electrons. The summed E-state index contributed by atoms with van der Waals surface area (Å²) in [6.45, 7) is 8.41. The highest BCUT2D eigenvalue weighted by molar-refractivity contribution is 5.91. The number of ketones is 1. The van der Waals surface area contributed by atoms with Crippen molar-refractivity contribution in [3.8, 4) is 0 Å². The van der Waals surface area contributed by atoms with Gasteiger partial charge in [-0.05, 0) is 19.4 Å². The molecule has 0 aromatic carbocycles. The number of hydrogen-bond acceptors (Lipinski definition) is 5. The number of allylic oxidation sites excluding steroid dienone is 1. The van der Waals surface area contributed by atoms with Crippen molar-refractivity contribution in [1.29, 1.82) is 0 Å². The van der Waals surface area contributed by atoms with Gasteiger partial charge in [0.2, 0.25) is 6.08 Å². The summed E-state index contributed by atoms with van der Waals surface area (Å²) in [5, 5.41) is 0. The van der Waals surface area contributed by atoms with Crippen LogP contribution in [0.4, 0.5) is 0 Å². The third-order valence-corrected chi connectivity index (χ3v) is 2.03. The van der Waals surface area contributed by atoms with E-state index in [0.29, 0.717) is 5.57 Å². The molecule has 0 aliphatic heterocycles. The summed E-state index contributed by atoms with van der Waals surface area (Å²) in [6, 6.07) is 0. The van der Waals surface area contributed by atoms with Crippen LogP contribution in [0.3, 0.4) is 0 Å². The third kappa shape index (κ3) is 6.22. The largest absolute Gasteiger partial charge is 0.462 e. The molecule has 0 aliphatic carbocycles. The Labute approximate surface area is 99.9 Å². The summed E-state index contributed by atoms with van der Waals surface area (Å²) >= 11 is 0. The van der Waals surface area contributed by atoms with Crippen LogP contribution in [0.15, 0.2) is 29.8 Å². The van der Waals surface area contributed by atoms with Gasteiger partial charge in [0.05, 0.1) is 13.2 Å². The number of carbonyl (C=O) groups excluding carboxylic acids is 3. The number of nitrogens with zero attached hydrogens (tertiary/aromatic N) is 1. The number of aliphatic imine (C=N–C) groups is 1. The van der Waals surface area contributed by atoms with E-state index in [1.165, 1.54) is 13.0 Å². The van der Waals surface area contributed by atoms with Gasteiger partial charge in [-0.1, -0.05) is 13.2 Å². The zero-order chi connectivity index (χ0) is 13.3. The monoisotopic (exact) mass is 237 g/mol. The Balaban J connectivity index is 4.21. The van der Waals surface area contributed by atoms with Crippen LogP contribution in [0, 0.1) is 5.92 Å². The summed E-state index contributed by atoms with van der Waals surface area (Å²) in [4.78, 5) is 35.7. The van der Waals surface area contributed by atoms with Crippen molar-refractivity contribution in [2.24, 2.45) is 10.9 Å². The fraction of sp³-hybridized carbons (Fsp3) is 0.417. The molecule has 0 saturated carbocycles. The van der Waals surface area contributed by atoms with Crippen LogP contribution in [0.25, 0.3) is 0 Å². The molecule has 0 aliphatic rings. The minimum Gasteiger partial charge on any atom is -0.462 e. The van der Waals surface area contributed by atoms with Gasteiger partial charge in [0.15, 0.2) is 5.78 Å². The van der Waals surface area contributed by atoms with Crippen molar-refractivity contribution in [1.82, 2.24) is 0 Å². The average Bonchev–Trinajstić information content (AvgIpc) is 2.31. The predicted molar refractivity (Wildman–Crippen MR) is 62.1 cm³/mol. The van der Waals surface area contributed by atoms with Crippen LogP contribution in [-0.4, -0.2) is 31.0 Å². The van der Waals surface area contributed by atoms with Gasteiger partial charge in [-0.2, -0.15) is 0 Å². The van der Waals surface area contributed by atoms with Gasteiger partial charge in [0, 0.05) is 11.5 Å². The normalized spacial score (nSPS) is 10.9. The molecular formula is C12H15NO4. The van der Waals surface area contributed by atoms with Gasteiger partial charge in [0.1, 0.15) is 0 Å². The maximum atomic E-state index is 11.4. The molecule has 0 amide bonds. The molecular weight excluding hydrogens is 222 g/mol. The molecule has 17 heavy (non-hydrogen) atoms. The van der Waals surface area contributed by atoms with E-state index in [9.17, 15) is 14.4 Å². The fourth-order valence-electron chi connectivity index (χ4n) is 1.05. The molecule has 0 aromatic rings. The first-order valence-corrected chi connectivity index (χ1v) is 5.05. The number of esters is 1. The van der Waals surface area contributed by atoms with Gasteiger partial charge in [-0.15, -0.1) is 0 Å². The Bertz CT molecular complexity index is 367. The van der Waals surface area contributed by atoms with E-state index in [1.54, 1.807) is 0 Å². The van der Waals surface area contributed by atoms with Crippen LogP contribution in [0.2, 0.25) is 0 Å². The lowest BCUT2D eigenvalue weighted by atomic mass is 10.0. The molecule has 5 heteroatoms. The molecule has 0 bridgehead atoms. The second kappa shape index (κ2) is 8.19. The zero-order valence-corrected chi connectivity index (χ0v) is 9.77. The molecule has 0 N–H and O–H groups in total. The SMILES string of the molecule is C=CC(=O)C(CCOC(=O)C(=C)C)CN=C=O. The average molecular weight is 237 g/mol. The van der Waals surface area contributed by atoms with Crippen molar-refractivity contribution in [2.45, 2.75) is 13.3 Å². The molecule has 1 unspecified atom stereocenters. The quantitative estimate of drug-likeness (QED) is 0.275. The third-order valence-electron chi connectivity index (χ3n) is 2.03. The number of carbonyl (C=O) groups is 2. The van der Waals surface area contributed by atoms with Gasteiger partial charge < -0.3 is 4.74 Å². The first-order valence-electron chi connectivity index (χ1n) is 5.05. The summed E-state index contributed by atoms with van der Waals surface area (Å²) in [7, 11) is 0. The van der Waals surface area contributed by atoms with Crippen molar-refractivity contribution in [3.05, 3.63) is 24.8 Å². The predicted octanol–water partition coefficient (Wildman–Crippen LogP) is 1.20. The minimum absolute atomic E-state index is 0.0268. The van der Waals surface area contributed by atoms with Crippen LogP contribution < -0.4 is 0 Å². The summed E-state index contributed by atoms with van der Waals surface area (Å²) in [5.74, 6) is -1.25. The topological polar surface area (TPSA) is 72.8 Å². The van der Waals surface area contributed by atoms with E-state index in [-0.39, 0.29) is 25.4 Å². The first kappa shape index (κ1) is 15.0. The van der Waals surface area contributed by atoms with Crippen molar-refractivity contribution in [2.75, 3.05) is 13.2 Å². The fourth-order valence-corrected chi connectivity index (χ4v) is 1.05. The molecule has 0 aromatic heterocycles. The van der Waals surface area contributed by atoms with Gasteiger partial charge in [0.25, 0.3) is 0 Å². The van der Waals surface area contributed by atoms with Crippen LogP contribution >= 0.6 is 0 Å². The van der Waals surface area contributed by atoms with Crippen molar-refractivity contribution in [3.63, 3.8) is 0 Å². The molecule has 0 rings (SSSR count). The Morgan fingerprint density at radius 3 is 2.65 bits per heavy atom. The second-order valence-electron chi connectivity index (χ2n) is 3.44. The summed E-state index contributed by atoms with van der Waals surface area (Å²) in [6.07, 6.45) is 2.81. The standard InChI is InChI=1S/C12H15NO4/c1-4-11(15)10(7-13-8-14)5-6-17-12(16)9(2)3/h4,10H,1-2,5-7H2,3H3. The van der Waals surface area contributed by atoms with E-state index < -0.39 is 11.9 Å². The lowest BCUT2D eigenvalue weighted by molar-refractivity contribution is -0.139. The zero-order valence-electron chi connectivity index (χ0n) is 9.77. The maximum absolute atomic E-state index is 11.4. The number of rotatable bonds is 8. The van der Waals surface area contributed by atoms with Crippen molar-refractivity contribution >= 4 is 17.8 Å². The van der Waals surface area contributed by atoms with E-state index >= 15 is 0 Å². The molecule has 0 spiro atoms. The molecule has 5 nitrogen and oxygen atoms in total. The highest BCUT2D eigenvalue weighted by Crippen LogP contribution is 2.07. The van der Waals surface area contributed by atoms with Crippen LogP contribution in [0.1, 0.15) is 13.3 Å². The van der Waals surface area contributed by atoms with E-state index in [4.69, 9.17) is 4.74 Å². The minimum atomic E-state index is -0.508. The molecule has 1 atom stereocenters. The maximum Gasteiger partial charge on any atom is 0.333 e. The first-order chi connectivity index (χ1) is 8.02. The highest BCUT2D eigenvalue weighted by Gasteiger charge is 2.16. The lowest BCUT2D eigenvalue weighted by Crippen LogP contribution is -2.19. The molecule has 92 valence electrons. The van der Waals surface area contributed by atoms with Gasteiger partial charge in [-0.25, -0.2) is 14.6 Å². The van der Waals surface area contributed by atoms with E-state index in [1.807, 2.05) is 0 Å². The Hall–Kier alpha value is -2.00. The second-order valence-corrected chi connectivity index (χ2v) is 3.44. The number of ether oxygens (including phenoxy) is 1. The van der Waals surface area contributed by atoms with Gasteiger partial charge >= 0.3 is 5.97 Å². The number of isocyanates is 1. The Morgan fingerprint density at radius 1 is 1.53 bits per heavy atom. The van der Waals surface area contributed by atoms with E-state index in [0.717, 1.165) is 6.08 Å². The summed E-state index contributed by atoms with van der Waals surface area (Å²) < 4.78 is 4.84. The molecule has 0 saturated heterocycles. The van der Waals surface area contributed by atoms with Crippen molar-refractivity contribution < 1.29 is 19.1 Å². The highest BCUT2D eigenvalue weighted by atomic mass is 16.5. The molecule has 0 fully saturated rings. The lowest BCUT2D eigenvalue weighted by Gasteiger charge is -2.10. The van der Waals surface area contributed by atoms with Crippen LogP contribution in [-0.2, 0) is 19.1 Å². The Morgan fingerprint density at radius 2 is 2.18 bits per heavy atom. The molecule has 0 heterocycles. The Kier molecular flexibility index (Phi) is 7.22.